The highest BCUT2D eigenvalue weighted by molar-refractivity contribution is 5.90. The number of para-hydroxylation sites is 1. The molecular formula is C16H21FN2O3. The number of hydrogen-bond donors (Lipinski definition) is 1. The molecule has 1 aromatic rings. The summed E-state index contributed by atoms with van der Waals surface area (Å²) in [6, 6.07) is 4.35. The molecule has 0 saturated carbocycles. The maximum atomic E-state index is 13.9. The van der Waals surface area contributed by atoms with Gasteiger partial charge in [-0.15, -0.1) is 0 Å². The van der Waals surface area contributed by atoms with Gasteiger partial charge < -0.3 is 19.7 Å². The van der Waals surface area contributed by atoms with Crippen molar-refractivity contribution in [3.63, 3.8) is 0 Å². The summed E-state index contributed by atoms with van der Waals surface area (Å²) in [6.07, 6.45) is 1.94. The van der Waals surface area contributed by atoms with Crippen molar-refractivity contribution < 1.29 is 18.7 Å². The molecule has 0 aromatic heterocycles. The highest BCUT2D eigenvalue weighted by Gasteiger charge is 2.36. The molecule has 2 fully saturated rings. The van der Waals surface area contributed by atoms with Crippen molar-refractivity contribution in [3.8, 4) is 0 Å². The van der Waals surface area contributed by atoms with Crippen LogP contribution in [0.25, 0.3) is 0 Å². The Labute approximate surface area is 129 Å². The standard InChI is InChI=1S/C16H21FN2O3/c1-11-4-2-5-12(17)15(11)18-16(20)19-7-9-21-10-13(19)14-6-3-8-22-14/h2,4-5,13-14H,3,6-10H2,1H3,(H,18,20). The number of aryl methyl sites for hydroxylation is 1. The van der Waals surface area contributed by atoms with Crippen molar-refractivity contribution in [2.75, 3.05) is 31.7 Å². The van der Waals surface area contributed by atoms with E-state index >= 15 is 0 Å². The third-order valence-electron chi connectivity index (χ3n) is 4.27. The Morgan fingerprint density at radius 1 is 1.41 bits per heavy atom. The fraction of sp³-hybridized carbons (Fsp3) is 0.562. The second-order valence-electron chi connectivity index (χ2n) is 5.75. The first-order chi connectivity index (χ1) is 10.7. The first-order valence-electron chi connectivity index (χ1n) is 7.69. The molecular weight excluding hydrogens is 287 g/mol. The Balaban J connectivity index is 1.74. The molecule has 3 rings (SSSR count). The van der Waals surface area contributed by atoms with Gasteiger partial charge in [-0.25, -0.2) is 9.18 Å². The number of amides is 2. The molecule has 1 N–H and O–H groups in total. The van der Waals surface area contributed by atoms with Gasteiger partial charge in [0.25, 0.3) is 0 Å². The maximum Gasteiger partial charge on any atom is 0.322 e. The van der Waals surface area contributed by atoms with Crippen LogP contribution in [0.1, 0.15) is 18.4 Å². The summed E-state index contributed by atoms with van der Waals surface area (Å²) in [5.74, 6) is -0.421. The second-order valence-corrected chi connectivity index (χ2v) is 5.75. The molecule has 2 heterocycles. The number of nitrogens with one attached hydrogen (secondary N) is 1. The zero-order valence-electron chi connectivity index (χ0n) is 12.7. The molecule has 2 atom stereocenters. The van der Waals surface area contributed by atoms with Gasteiger partial charge in [0.05, 0.1) is 31.0 Å². The molecule has 0 bridgehead atoms. The van der Waals surface area contributed by atoms with Crippen molar-refractivity contribution in [2.45, 2.75) is 31.9 Å². The summed E-state index contributed by atoms with van der Waals surface area (Å²) >= 11 is 0. The smallest absolute Gasteiger partial charge is 0.322 e. The average molecular weight is 308 g/mol. The van der Waals surface area contributed by atoms with Crippen LogP contribution in [-0.2, 0) is 9.47 Å². The largest absolute Gasteiger partial charge is 0.377 e. The Kier molecular flexibility index (Phi) is 4.59. The second kappa shape index (κ2) is 6.62. The van der Waals surface area contributed by atoms with Crippen molar-refractivity contribution in [1.29, 1.82) is 0 Å². The van der Waals surface area contributed by atoms with Crippen LogP contribution in [0.2, 0.25) is 0 Å². The van der Waals surface area contributed by atoms with Crippen molar-refractivity contribution in [1.82, 2.24) is 4.90 Å². The number of morpholine rings is 1. The van der Waals surface area contributed by atoms with Crippen LogP contribution < -0.4 is 5.32 Å². The van der Waals surface area contributed by atoms with Gasteiger partial charge in [0.2, 0.25) is 0 Å². The summed E-state index contributed by atoms with van der Waals surface area (Å²) in [5, 5.41) is 2.70. The van der Waals surface area contributed by atoms with E-state index in [9.17, 15) is 9.18 Å². The van der Waals surface area contributed by atoms with E-state index in [4.69, 9.17) is 9.47 Å². The molecule has 2 amide bonds. The number of carbonyl (C=O) groups is 1. The SMILES string of the molecule is Cc1cccc(F)c1NC(=O)N1CCOCC1C1CCCO1. The molecule has 2 unspecified atom stereocenters. The minimum absolute atomic E-state index is 0.00719. The maximum absolute atomic E-state index is 13.9. The molecule has 2 aliphatic heterocycles. The zero-order valence-corrected chi connectivity index (χ0v) is 12.7. The van der Waals surface area contributed by atoms with Crippen LogP contribution in [0.15, 0.2) is 18.2 Å². The number of halogens is 1. The molecule has 2 saturated heterocycles. The van der Waals surface area contributed by atoms with E-state index in [2.05, 4.69) is 5.32 Å². The van der Waals surface area contributed by atoms with Crippen LogP contribution in [0, 0.1) is 12.7 Å². The van der Waals surface area contributed by atoms with Gasteiger partial charge in [0.1, 0.15) is 5.82 Å². The molecule has 120 valence electrons. The Hall–Kier alpha value is -1.66. The van der Waals surface area contributed by atoms with E-state index in [0.29, 0.717) is 25.3 Å². The number of ether oxygens (including phenoxy) is 2. The fourth-order valence-electron chi connectivity index (χ4n) is 3.06. The Morgan fingerprint density at radius 3 is 3.00 bits per heavy atom. The van der Waals surface area contributed by atoms with Crippen molar-refractivity contribution >= 4 is 11.7 Å². The number of anilines is 1. The summed E-state index contributed by atoms with van der Waals surface area (Å²) in [6.45, 7) is 3.95. The minimum Gasteiger partial charge on any atom is -0.377 e. The van der Waals surface area contributed by atoms with Crippen LogP contribution in [-0.4, -0.2) is 49.4 Å². The lowest BCUT2D eigenvalue weighted by Crippen LogP contribution is -2.55. The molecule has 2 aliphatic rings. The first kappa shape index (κ1) is 15.2. The van der Waals surface area contributed by atoms with Gasteiger partial charge in [-0.2, -0.15) is 0 Å². The first-order valence-corrected chi connectivity index (χ1v) is 7.69. The number of nitrogens with zero attached hydrogens (tertiary/aromatic N) is 1. The minimum atomic E-state index is -0.421. The highest BCUT2D eigenvalue weighted by Crippen LogP contribution is 2.24. The van der Waals surface area contributed by atoms with Gasteiger partial charge in [-0.05, 0) is 31.4 Å². The lowest BCUT2D eigenvalue weighted by Gasteiger charge is -2.38. The summed E-state index contributed by atoms with van der Waals surface area (Å²) < 4.78 is 25.1. The van der Waals surface area contributed by atoms with E-state index in [0.717, 1.165) is 19.4 Å². The quantitative estimate of drug-likeness (QED) is 0.913. The number of hydrogen-bond acceptors (Lipinski definition) is 3. The summed E-state index contributed by atoms with van der Waals surface area (Å²) in [5.41, 5.74) is 0.945. The molecule has 5 nitrogen and oxygen atoms in total. The van der Waals surface area contributed by atoms with E-state index in [-0.39, 0.29) is 23.9 Å². The van der Waals surface area contributed by atoms with Crippen molar-refractivity contribution in [3.05, 3.63) is 29.6 Å². The molecule has 0 spiro atoms. The van der Waals surface area contributed by atoms with Crippen molar-refractivity contribution in [2.24, 2.45) is 0 Å². The zero-order chi connectivity index (χ0) is 15.5. The number of rotatable bonds is 2. The molecule has 0 radical (unpaired) electrons. The van der Waals surface area contributed by atoms with E-state index in [1.165, 1.54) is 6.07 Å². The predicted octanol–water partition coefficient (Wildman–Crippen LogP) is 2.55. The molecule has 22 heavy (non-hydrogen) atoms. The predicted molar refractivity (Wildman–Crippen MR) is 80.4 cm³/mol. The van der Waals surface area contributed by atoms with Gasteiger partial charge >= 0.3 is 6.03 Å². The van der Waals surface area contributed by atoms with E-state index < -0.39 is 5.82 Å². The molecule has 0 aliphatic carbocycles. The number of carbonyl (C=O) groups excluding carboxylic acids is 1. The Morgan fingerprint density at radius 2 is 2.27 bits per heavy atom. The fourth-order valence-corrected chi connectivity index (χ4v) is 3.06. The summed E-state index contributed by atoms with van der Waals surface area (Å²) in [7, 11) is 0. The van der Waals surface area contributed by atoms with Gasteiger partial charge in [0, 0.05) is 13.2 Å². The number of urea groups is 1. The van der Waals surface area contributed by atoms with Crippen LogP contribution in [0.3, 0.4) is 0 Å². The number of benzene rings is 1. The van der Waals surface area contributed by atoms with Crippen LogP contribution in [0.4, 0.5) is 14.9 Å². The third-order valence-corrected chi connectivity index (χ3v) is 4.27. The van der Waals surface area contributed by atoms with Gasteiger partial charge in [-0.1, -0.05) is 12.1 Å². The van der Waals surface area contributed by atoms with Gasteiger partial charge in [-0.3, -0.25) is 0 Å². The lowest BCUT2D eigenvalue weighted by atomic mass is 10.1. The lowest BCUT2D eigenvalue weighted by molar-refractivity contribution is -0.0452. The van der Waals surface area contributed by atoms with Crippen LogP contribution >= 0.6 is 0 Å². The van der Waals surface area contributed by atoms with Gasteiger partial charge in [0.15, 0.2) is 0 Å². The van der Waals surface area contributed by atoms with E-state index in [1.54, 1.807) is 24.0 Å². The Bertz CT molecular complexity index is 526. The third kappa shape index (κ3) is 3.08. The monoisotopic (exact) mass is 308 g/mol. The van der Waals surface area contributed by atoms with Crippen LogP contribution in [0.5, 0.6) is 0 Å². The molecule has 6 heteroatoms. The molecule has 1 aromatic carbocycles. The normalized spacial score (nSPS) is 25.3. The average Bonchev–Trinajstić information content (AvgIpc) is 3.05. The van der Waals surface area contributed by atoms with E-state index in [1.807, 2.05) is 0 Å². The summed E-state index contributed by atoms with van der Waals surface area (Å²) in [4.78, 5) is 14.3. The highest BCUT2D eigenvalue weighted by atomic mass is 19.1. The topological polar surface area (TPSA) is 50.8 Å².